The van der Waals surface area contributed by atoms with E-state index < -0.39 is 6.16 Å². The summed E-state index contributed by atoms with van der Waals surface area (Å²) in [7, 11) is 1.38. The van der Waals surface area contributed by atoms with Crippen molar-refractivity contribution in [2.24, 2.45) is 40.9 Å². The minimum absolute atomic E-state index is 0.179. The number of carbonyl (C=O) groups is 1. The number of hydrogen-bond acceptors (Lipinski definition) is 3. The second-order valence-corrected chi connectivity index (χ2v) is 7.31. The molecule has 0 aromatic carbocycles. The van der Waals surface area contributed by atoms with Gasteiger partial charge in [-0.2, -0.15) is 0 Å². The minimum Gasteiger partial charge on any atom is -0.438 e. The molecule has 7 unspecified atom stereocenters. The highest BCUT2D eigenvalue weighted by Crippen LogP contribution is 2.70. The first kappa shape index (κ1) is 11.8. The molecule has 19 heavy (non-hydrogen) atoms. The fourth-order valence-corrected chi connectivity index (χ4v) is 5.94. The van der Waals surface area contributed by atoms with Gasteiger partial charge in [-0.1, -0.05) is 19.1 Å². The maximum absolute atomic E-state index is 11.2. The van der Waals surface area contributed by atoms with Gasteiger partial charge in [0.05, 0.1) is 7.11 Å². The van der Waals surface area contributed by atoms with Gasteiger partial charge < -0.3 is 9.47 Å². The molecule has 4 bridgehead atoms. The summed E-state index contributed by atoms with van der Waals surface area (Å²) >= 11 is 0. The molecule has 0 saturated heterocycles. The molecule has 3 fully saturated rings. The van der Waals surface area contributed by atoms with Gasteiger partial charge in [-0.15, -0.1) is 0 Å². The monoisotopic (exact) mass is 262 g/mol. The first-order chi connectivity index (χ1) is 9.12. The molecule has 0 aromatic rings. The topological polar surface area (TPSA) is 35.5 Å². The van der Waals surface area contributed by atoms with Gasteiger partial charge in [-0.05, 0) is 54.8 Å². The smallest absolute Gasteiger partial charge is 0.438 e. The molecule has 4 aliphatic rings. The molecule has 0 N–H and O–H groups in total. The second kappa shape index (κ2) is 3.77. The van der Waals surface area contributed by atoms with E-state index in [9.17, 15) is 4.79 Å². The third-order valence-corrected chi connectivity index (χ3v) is 6.46. The van der Waals surface area contributed by atoms with E-state index in [4.69, 9.17) is 4.74 Å². The van der Waals surface area contributed by atoms with Gasteiger partial charge in [0.25, 0.3) is 0 Å². The van der Waals surface area contributed by atoms with Crippen molar-refractivity contribution < 1.29 is 14.3 Å². The van der Waals surface area contributed by atoms with Crippen LogP contribution in [0.5, 0.6) is 0 Å². The Morgan fingerprint density at radius 3 is 2.74 bits per heavy atom. The molecule has 0 aromatic heterocycles. The van der Waals surface area contributed by atoms with E-state index in [0.717, 1.165) is 35.5 Å². The third kappa shape index (κ3) is 1.47. The first-order valence-electron chi connectivity index (χ1n) is 7.51. The van der Waals surface area contributed by atoms with Crippen LogP contribution >= 0.6 is 0 Å². The van der Waals surface area contributed by atoms with Crippen LogP contribution < -0.4 is 0 Å². The van der Waals surface area contributed by atoms with Crippen molar-refractivity contribution >= 4 is 6.16 Å². The summed E-state index contributed by atoms with van der Waals surface area (Å²) in [5, 5.41) is 0. The standard InChI is InChI=1S/C16H22O3/c1-16(8-19-15(17)18-2)7-11-6-12(16)14-10-4-3-9(5-10)13(11)14/h3-4,9-14H,5-8H2,1-2H3. The molecular formula is C16H22O3. The first-order valence-corrected chi connectivity index (χ1v) is 7.51. The summed E-state index contributed by atoms with van der Waals surface area (Å²) in [5.74, 6) is 5.07. The Morgan fingerprint density at radius 1 is 1.26 bits per heavy atom. The van der Waals surface area contributed by atoms with E-state index in [1.54, 1.807) is 0 Å². The van der Waals surface area contributed by atoms with E-state index in [2.05, 4.69) is 23.8 Å². The number of rotatable bonds is 2. The van der Waals surface area contributed by atoms with E-state index in [1.165, 1.54) is 26.4 Å². The Labute approximate surface area is 114 Å². The molecule has 3 heteroatoms. The number of methoxy groups -OCH3 is 1. The lowest BCUT2D eigenvalue weighted by atomic mass is 9.63. The lowest BCUT2D eigenvalue weighted by molar-refractivity contribution is -0.00948. The number of carbonyl (C=O) groups excluding carboxylic acids is 1. The number of allylic oxidation sites excluding steroid dienone is 2. The van der Waals surface area contributed by atoms with Crippen molar-refractivity contribution in [2.75, 3.05) is 13.7 Å². The largest absolute Gasteiger partial charge is 0.507 e. The third-order valence-electron chi connectivity index (χ3n) is 6.46. The van der Waals surface area contributed by atoms with Crippen molar-refractivity contribution in [1.82, 2.24) is 0 Å². The lowest BCUT2D eigenvalue weighted by Crippen LogP contribution is -2.40. The quantitative estimate of drug-likeness (QED) is 0.435. The van der Waals surface area contributed by atoms with Crippen molar-refractivity contribution in [3.63, 3.8) is 0 Å². The fraction of sp³-hybridized carbons (Fsp3) is 0.812. The molecule has 4 rings (SSSR count). The SMILES string of the molecule is COC(=O)OCC1(C)CC2CC1C1C3C=CC(C3)C21. The van der Waals surface area contributed by atoms with E-state index in [1.807, 2.05) is 0 Å². The highest BCUT2D eigenvalue weighted by Gasteiger charge is 2.64. The Hall–Kier alpha value is -0.990. The van der Waals surface area contributed by atoms with Crippen LogP contribution in [0.4, 0.5) is 4.79 Å². The van der Waals surface area contributed by atoms with Crippen LogP contribution in [-0.4, -0.2) is 19.9 Å². The summed E-state index contributed by atoms with van der Waals surface area (Å²) in [5.41, 5.74) is 0.179. The molecule has 3 saturated carbocycles. The summed E-state index contributed by atoms with van der Waals surface area (Å²) < 4.78 is 9.88. The van der Waals surface area contributed by atoms with Gasteiger partial charge in [0.15, 0.2) is 0 Å². The summed E-state index contributed by atoms with van der Waals surface area (Å²) in [6.45, 7) is 2.84. The van der Waals surface area contributed by atoms with Crippen LogP contribution in [0.15, 0.2) is 12.2 Å². The zero-order valence-corrected chi connectivity index (χ0v) is 11.7. The predicted molar refractivity (Wildman–Crippen MR) is 70.4 cm³/mol. The Bertz CT molecular complexity index is 443. The van der Waals surface area contributed by atoms with Gasteiger partial charge in [-0.25, -0.2) is 4.79 Å². The van der Waals surface area contributed by atoms with Crippen LogP contribution in [0.25, 0.3) is 0 Å². The van der Waals surface area contributed by atoms with Crippen molar-refractivity contribution in [2.45, 2.75) is 26.2 Å². The maximum atomic E-state index is 11.2. The summed E-state index contributed by atoms with van der Waals surface area (Å²) in [6, 6.07) is 0. The van der Waals surface area contributed by atoms with Gasteiger partial charge in [0, 0.05) is 5.41 Å². The molecule has 0 heterocycles. The van der Waals surface area contributed by atoms with Gasteiger partial charge >= 0.3 is 6.16 Å². The van der Waals surface area contributed by atoms with E-state index in [0.29, 0.717) is 6.61 Å². The van der Waals surface area contributed by atoms with Crippen LogP contribution in [0, 0.1) is 40.9 Å². The maximum Gasteiger partial charge on any atom is 0.507 e. The van der Waals surface area contributed by atoms with Crippen molar-refractivity contribution in [3.8, 4) is 0 Å². The Morgan fingerprint density at radius 2 is 2.00 bits per heavy atom. The molecule has 7 atom stereocenters. The van der Waals surface area contributed by atoms with Gasteiger partial charge in [-0.3, -0.25) is 0 Å². The zero-order chi connectivity index (χ0) is 13.2. The van der Waals surface area contributed by atoms with Crippen LogP contribution in [-0.2, 0) is 9.47 Å². The molecular weight excluding hydrogens is 240 g/mol. The molecule has 4 aliphatic carbocycles. The van der Waals surface area contributed by atoms with Crippen LogP contribution in [0.1, 0.15) is 26.2 Å². The van der Waals surface area contributed by atoms with Crippen LogP contribution in [0.3, 0.4) is 0 Å². The highest BCUT2D eigenvalue weighted by atomic mass is 16.7. The lowest BCUT2D eigenvalue weighted by Gasteiger charge is -2.42. The van der Waals surface area contributed by atoms with Crippen molar-refractivity contribution in [3.05, 3.63) is 12.2 Å². The van der Waals surface area contributed by atoms with Gasteiger partial charge in [0.1, 0.15) is 6.61 Å². The zero-order valence-electron chi connectivity index (χ0n) is 11.7. The van der Waals surface area contributed by atoms with Gasteiger partial charge in [0.2, 0.25) is 0 Å². The number of ether oxygens (including phenoxy) is 2. The molecule has 104 valence electrons. The predicted octanol–water partition coefficient (Wildman–Crippen LogP) is 3.25. The highest BCUT2D eigenvalue weighted by molar-refractivity contribution is 5.59. The molecule has 0 amide bonds. The molecule has 0 radical (unpaired) electrons. The minimum atomic E-state index is -0.534. The van der Waals surface area contributed by atoms with E-state index >= 15 is 0 Å². The Kier molecular flexibility index (Phi) is 2.34. The Balaban J connectivity index is 1.52. The summed E-state index contributed by atoms with van der Waals surface area (Å²) in [6.07, 6.45) is 8.35. The normalized spacial score (nSPS) is 52.5. The fourth-order valence-electron chi connectivity index (χ4n) is 5.94. The second-order valence-electron chi connectivity index (χ2n) is 7.31. The molecule has 3 nitrogen and oxygen atoms in total. The van der Waals surface area contributed by atoms with Crippen LogP contribution in [0.2, 0.25) is 0 Å². The molecule has 0 spiro atoms. The average Bonchev–Trinajstić information content (AvgIpc) is 3.12. The number of hydrogen-bond donors (Lipinski definition) is 0. The number of fused-ring (bicyclic) bond motifs is 9. The van der Waals surface area contributed by atoms with E-state index in [-0.39, 0.29) is 5.41 Å². The average molecular weight is 262 g/mol. The van der Waals surface area contributed by atoms with Crippen molar-refractivity contribution in [1.29, 1.82) is 0 Å². The summed E-state index contributed by atoms with van der Waals surface area (Å²) in [4.78, 5) is 11.2. The molecule has 0 aliphatic heterocycles.